The fourth-order valence-electron chi connectivity index (χ4n) is 2.07. The van der Waals surface area contributed by atoms with Gasteiger partial charge in [0, 0.05) is 8.95 Å². The third-order valence-corrected chi connectivity index (χ3v) is 4.80. The maximum atomic E-state index is 11.5. The minimum Gasteiger partial charge on any atom is -0.400 e. The van der Waals surface area contributed by atoms with Crippen LogP contribution >= 0.6 is 31.9 Å². The van der Waals surface area contributed by atoms with E-state index >= 15 is 0 Å². The van der Waals surface area contributed by atoms with Crippen molar-refractivity contribution in [2.24, 2.45) is 0 Å². The van der Waals surface area contributed by atoms with Crippen LogP contribution in [0, 0.1) is 0 Å². The summed E-state index contributed by atoms with van der Waals surface area (Å²) >= 11 is 5.78. The number of halogens is 2. The first-order valence-electron chi connectivity index (χ1n) is 5.78. The van der Waals surface area contributed by atoms with Crippen LogP contribution < -0.4 is 4.18 Å². The van der Waals surface area contributed by atoms with E-state index in [0.717, 1.165) is 37.8 Å². The molecule has 3 rings (SSSR count). The van der Waals surface area contributed by atoms with E-state index in [1.165, 1.54) is 0 Å². The molecule has 19 heavy (non-hydrogen) atoms. The van der Waals surface area contributed by atoms with Crippen molar-refractivity contribution in [2.75, 3.05) is 5.75 Å². The molecule has 2 aromatic rings. The van der Waals surface area contributed by atoms with Crippen molar-refractivity contribution >= 4 is 42.9 Å². The van der Waals surface area contributed by atoms with E-state index < -0.39 is 11.1 Å². The van der Waals surface area contributed by atoms with Crippen LogP contribution in [0.3, 0.4) is 0 Å². The predicted molar refractivity (Wildman–Crippen MR) is 84.6 cm³/mol. The largest absolute Gasteiger partial charge is 0.400 e. The number of benzene rings is 2. The smallest absolute Gasteiger partial charge is 0.206 e. The Morgan fingerprint density at radius 2 is 1.74 bits per heavy atom. The maximum absolute atomic E-state index is 11.5. The van der Waals surface area contributed by atoms with Gasteiger partial charge in [-0.3, -0.25) is 0 Å². The molecule has 2 aromatic carbocycles. The SMILES string of the molecule is O=S1CCc2ccc(-c3cc(Br)cc(Br)c3)cc2O1. The number of rotatable bonds is 1. The first-order chi connectivity index (χ1) is 9.11. The van der Waals surface area contributed by atoms with Crippen molar-refractivity contribution in [1.29, 1.82) is 0 Å². The van der Waals surface area contributed by atoms with Gasteiger partial charge in [0.15, 0.2) is 0 Å². The van der Waals surface area contributed by atoms with Gasteiger partial charge in [0.05, 0.1) is 5.75 Å². The van der Waals surface area contributed by atoms with Crippen LogP contribution in [0.5, 0.6) is 5.75 Å². The minimum absolute atomic E-state index is 0.578. The first-order valence-corrected chi connectivity index (χ1v) is 8.61. The zero-order chi connectivity index (χ0) is 13.4. The highest BCUT2D eigenvalue weighted by molar-refractivity contribution is 9.11. The third kappa shape index (κ3) is 2.93. The molecular weight excluding hydrogens is 392 g/mol. The van der Waals surface area contributed by atoms with Gasteiger partial charge < -0.3 is 4.18 Å². The van der Waals surface area contributed by atoms with Crippen LogP contribution in [0.1, 0.15) is 5.56 Å². The van der Waals surface area contributed by atoms with Crippen LogP contribution in [-0.4, -0.2) is 9.96 Å². The molecule has 98 valence electrons. The molecule has 1 aliphatic rings. The zero-order valence-electron chi connectivity index (χ0n) is 9.86. The van der Waals surface area contributed by atoms with E-state index in [9.17, 15) is 4.21 Å². The van der Waals surface area contributed by atoms with Crippen LogP contribution in [0.15, 0.2) is 45.3 Å². The van der Waals surface area contributed by atoms with Crippen LogP contribution in [0.4, 0.5) is 0 Å². The standard InChI is InChI=1S/C14H10Br2O2S/c15-12-5-11(6-13(16)8-12)10-2-1-9-3-4-19(17)18-14(9)7-10/h1-2,5-8H,3-4H2. The van der Waals surface area contributed by atoms with Crippen LogP contribution in [0.2, 0.25) is 0 Å². The van der Waals surface area contributed by atoms with Gasteiger partial charge in [0.1, 0.15) is 5.75 Å². The van der Waals surface area contributed by atoms with Crippen molar-refractivity contribution < 1.29 is 8.39 Å². The van der Waals surface area contributed by atoms with Gasteiger partial charge in [-0.1, -0.05) is 44.0 Å². The molecule has 0 spiro atoms. The van der Waals surface area contributed by atoms with Crippen LogP contribution in [0.25, 0.3) is 11.1 Å². The zero-order valence-corrected chi connectivity index (χ0v) is 13.8. The lowest BCUT2D eigenvalue weighted by Gasteiger charge is -2.16. The second-order valence-electron chi connectivity index (χ2n) is 4.32. The summed E-state index contributed by atoms with van der Waals surface area (Å²) in [4.78, 5) is 0. The summed E-state index contributed by atoms with van der Waals surface area (Å²) in [7, 11) is 0. The van der Waals surface area contributed by atoms with E-state index in [-0.39, 0.29) is 0 Å². The quantitative estimate of drug-likeness (QED) is 0.704. The van der Waals surface area contributed by atoms with Crippen molar-refractivity contribution in [3.8, 4) is 16.9 Å². The Balaban J connectivity index is 2.06. The Morgan fingerprint density at radius 1 is 1.00 bits per heavy atom. The van der Waals surface area contributed by atoms with E-state index in [1.54, 1.807) is 0 Å². The van der Waals surface area contributed by atoms with Gasteiger partial charge in [0.2, 0.25) is 11.1 Å². The van der Waals surface area contributed by atoms with Gasteiger partial charge in [-0.2, -0.15) is 0 Å². The average molecular weight is 402 g/mol. The minimum atomic E-state index is -1.19. The topological polar surface area (TPSA) is 26.3 Å². The summed E-state index contributed by atoms with van der Waals surface area (Å²) in [6, 6.07) is 12.2. The molecule has 0 saturated carbocycles. The summed E-state index contributed by atoms with van der Waals surface area (Å²) in [5.41, 5.74) is 3.26. The fourth-order valence-corrected chi connectivity index (χ4v) is 4.19. The Morgan fingerprint density at radius 3 is 2.47 bits per heavy atom. The fraction of sp³-hybridized carbons (Fsp3) is 0.143. The highest BCUT2D eigenvalue weighted by Crippen LogP contribution is 2.33. The maximum Gasteiger partial charge on any atom is 0.206 e. The molecule has 0 aliphatic carbocycles. The summed E-state index contributed by atoms with van der Waals surface area (Å²) in [6.07, 6.45) is 0.810. The molecule has 0 aromatic heterocycles. The summed E-state index contributed by atoms with van der Waals surface area (Å²) in [6.45, 7) is 0. The second-order valence-corrected chi connectivity index (χ2v) is 7.34. The van der Waals surface area contributed by atoms with Gasteiger partial charge >= 0.3 is 0 Å². The highest BCUT2D eigenvalue weighted by Gasteiger charge is 2.16. The molecule has 1 heterocycles. The molecule has 1 atom stereocenters. The van der Waals surface area contributed by atoms with Crippen molar-refractivity contribution in [3.63, 3.8) is 0 Å². The predicted octanol–water partition coefficient (Wildman–Crippen LogP) is 4.48. The highest BCUT2D eigenvalue weighted by atomic mass is 79.9. The van der Waals surface area contributed by atoms with Gasteiger partial charge in [-0.15, -0.1) is 0 Å². The molecule has 0 amide bonds. The first kappa shape index (κ1) is 13.3. The van der Waals surface area contributed by atoms with Crippen molar-refractivity contribution in [3.05, 3.63) is 50.9 Å². The number of hydrogen-bond acceptors (Lipinski definition) is 2. The average Bonchev–Trinajstić information content (AvgIpc) is 2.36. The molecule has 5 heteroatoms. The van der Waals surface area contributed by atoms with Gasteiger partial charge in [-0.05, 0) is 47.4 Å². The number of fused-ring (bicyclic) bond motifs is 1. The number of aryl methyl sites for hydroxylation is 1. The normalized spacial score (nSPS) is 17.7. The van der Waals surface area contributed by atoms with Gasteiger partial charge in [0.25, 0.3) is 0 Å². The molecule has 0 bridgehead atoms. The van der Waals surface area contributed by atoms with Crippen LogP contribution in [-0.2, 0) is 17.5 Å². The van der Waals surface area contributed by atoms with Crippen molar-refractivity contribution in [2.45, 2.75) is 6.42 Å². The van der Waals surface area contributed by atoms with E-state index in [4.69, 9.17) is 4.18 Å². The lowest BCUT2D eigenvalue weighted by atomic mass is 10.0. The molecule has 0 radical (unpaired) electrons. The van der Waals surface area contributed by atoms with E-state index in [0.29, 0.717) is 5.75 Å². The molecular formula is C14H10Br2O2S. The monoisotopic (exact) mass is 400 g/mol. The molecule has 2 nitrogen and oxygen atoms in total. The summed E-state index contributed by atoms with van der Waals surface area (Å²) in [5.74, 6) is 1.31. The Labute approximate surface area is 131 Å². The summed E-state index contributed by atoms with van der Waals surface area (Å²) in [5, 5.41) is 0. The molecule has 0 fully saturated rings. The Bertz CT molecular complexity index is 650. The Hall–Kier alpha value is -0.650. The molecule has 0 N–H and O–H groups in total. The second kappa shape index (κ2) is 5.38. The van der Waals surface area contributed by atoms with E-state index in [2.05, 4.69) is 44.0 Å². The van der Waals surface area contributed by atoms with Gasteiger partial charge in [-0.25, -0.2) is 4.21 Å². The Kier molecular flexibility index (Phi) is 3.78. The lowest BCUT2D eigenvalue weighted by Crippen LogP contribution is -2.14. The molecule has 1 unspecified atom stereocenters. The summed E-state index contributed by atoms with van der Waals surface area (Å²) < 4.78 is 18.9. The molecule has 1 aliphatic heterocycles. The lowest BCUT2D eigenvalue weighted by molar-refractivity contribution is 0.545. The number of hydrogen-bond donors (Lipinski definition) is 0. The van der Waals surface area contributed by atoms with Crippen molar-refractivity contribution in [1.82, 2.24) is 0 Å². The third-order valence-electron chi connectivity index (χ3n) is 2.98. The molecule has 0 saturated heterocycles. The van der Waals surface area contributed by atoms with E-state index in [1.807, 2.05) is 24.3 Å².